The highest BCUT2D eigenvalue weighted by atomic mass is 16.5. The van der Waals surface area contributed by atoms with Crippen molar-refractivity contribution in [3.05, 3.63) is 54.1 Å². The summed E-state index contributed by atoms with van der Waals surface area (Å²) in [6, 6.07) is 15.1. The number of nitrogen functional groups attached to an aromatic ring is 1. The number of ether oxygens (including phenoxy) is 1. The first-order valence-corrected chi connectivity index (χ1v) is 6.47. The fourth-order valence-corrected chi connectivity index (χ4v) is 1.97. The standard InChI is InChI=1S/C16H19NO2/c1-2-12(11-18)13-4-3-5-16(10-13)19-15-8-6-14(17)7-9-15/h3-10,12,18H,2,11,17H2,1H3. The molecular weight excluding hydrogens is 238 g/mol. The van der Waals surface area contributed by atoms with Gasteiger partial charge in [0.2, 0.25) is 0 Å². The molecule has 19 heavy (non-hydrogen) atoms. The predicted octanol–water partition coefficient (Wildman–Crippen LogP) is 3.55. The van der Waals surface area contributed by atoms with Gasteiger partial charge in [0.05, 0.1) is 0 Å². The van der Waals surface area contributed by atoms with Crippen LogP contribution in [0.3, 0.4) is 0 Å². The molecule has 0 aliphatic rings. The normalized spacial score (nSPS) is 12.1. The summed E-state index contributed by atoms with van der Waals surface area (Å²) in [5.41, 5.74) is 7.45. The molecule has 0 saturated heterocycles. The maximum atomic E-state index is 9.34. The van der Waals surface area contributed by atoms with Gasteiger partial charge in [0.15, 0.2) is 0 Å². The number of aliphatic hydroxyl groups excluding tert-OH is 1. The maximum absolute atomic E-state index is 9.34. The highest BCUT2D eigenvalue weighted by Crippen LogP contribution is 2.27. The topological polar surface area (TPSA) is 55.5 Å². The van der Waals surface area contributed by atoms with E-state index in [2.05, 4.69) is 6.92 Å². The Morgan fingerprint density at radius 1 is 1.11 bits per heavy atom. The lowest BCUT2D eigenvalue weighted by Gasteiger charge is -2.13. The molecule has 0 spiro atoms. The first kappa shape index (κ1) is 13.4. The Morgan fingerprint density at radius 2 is 1.84 bits per heavy atom. The summed E-state index contributed by atoms with van der Waals surface area (Å²) in [6.07, 6.45) is 0.905. The third-order valence-corrected chi connectivity index (χ3v) is 3.16. The fourth-order valence-electron chi connectivity index (χ4n) is 1.97. The van der Waals surface area contributed by atoms with Gasteiger partial charge in [-0.25, -0.2) is 0 Å². The highest BCUT2D eigenvalue weighted by Gasteiger charge is 2.08. The SMILES string of the molecule is CCC(CO)c1cccc(Oc2ccc(N)cc2)c1. The Kier molecular flexibility index (Phi) is 4.42. The van der Waals surface area contributed by atoms with Crippen molar-refractivity contribution in [1.82, 2.24) is 0 Å². The van der Waals surface area contributed by atoms with Crippen LogP contribution in [0.4, 0.5) is 5.69 Å². The van der Waals surface area contributed by atoms with E-state index in [1.807, 2.05) is 48.5 Å². The summed E-state index contributed by atoms with van der Waals surface area (Å²) in [6.45, 7) is 2.22. The molecule has 0 radical (unpaired) electrons. The van der Waals surface area contributed by atoms with Gasteiger partial charge in [-0.05, 0) is 48.4 Å². The molecule has 3 N–H and O–H groups in total. The number of hydrogen-bond donors (Lipinski definition) is 2. The molecule has 100 valence electrons. The second-order valence-electron chi connectivity index (χ2n) is 4.53. The highest BCUT2D eigenvalue weighted by molar-refractivity contribution is 5.43. The Morgan fingerprint density at radius 3 is 2.47 bits per heavy atom. The van der Waals surface area contributed by atoms with Crippen LogP contribution in [0.25, 0.3) is 0 Å². The van der Waals surface area contributed by atoms with Crippen LogP contribution in [0.1, 0.15) is 24.8 Å². The number of anilines is 1. The summed E-state index contributed by atoms with van der Waals surface area (Å²) >= 11 is 0. The van der Waals surface area contributed by atoms with Crippen molar-refractivity contribution in [2.45, 2.75) is 19.3 Å². The smallest absolute Gasteiger partial charge is 0.127 e. The van der Waals surface area contributed by atoms with Crippen molar-refractivity contribution in [2.24, 2.45) is 0 Å². The average molecular weight is 257 g/mol. The van der Waals surface area contributed by atoms with E-state index in [0.717, 1.165) is 23.5 Å². The summed E-state index contributed by atoms with van der Waals surface area (Å²) < 4.78 is 5.78. The lowest BCUT2D eigenvalue weighted by molar-refractivity contribution is 0.262. The largest absolute Gasteiger partial charge is 0.457 e. The van der Waals surface area contributed by atoms with Crippen LogP contribution in [0.5, 0.6) is 11.5 Å². The van der Waals surface area contributed by atoms with Gasteiger partial charge in [0, 0.05) is 18.2 Å². The van der Waals surface area contributed by atoms with E-state index in [9.17, 15) is 5.11 Å². The Bertz CT molecular complexity index is 519. The number of nitrogens with two attached hydrogens (primary N) is 1. The second kappa shape index (κ2) is 6.25. The molecule has 0 aliphatic heterocycles. The van der Waals surface area contributed by atoms with Crippen LogP contribution in [0.2, 0.25) is 0 Å². The lowest BCUT2D eigenvalue weighted by Crippen LogP contribution is -2.02. The molecule has 0 heterocycles. The van der Waals surface area contributed by atoms with E-state index in [1.165, 1.54) is 0 Å². The summed E-state index contributed by atoms with van der Waals surface area (Å²) in [7, 11) is 0. The van der Waals surface area contributed by atoms with Crippen molar-refractivity contribution in [3.63, 3.8) is 0 Å². The van der Waals surface area contributed by atoms with Gasteiger partial charge < -0.3 is 15.6 Å². The molecule has 0 aromatic heterocycles. The molecule has 2 rings (SSSR count). The van der Waals surface area contributed by atoms with Crippen molar-refractivity contribution >= 4 is 5.69 Å². The molecule has 0 fully saturated rings. The molecule has 0 amide bonds. The van der Waals surface area contributed by atoms with Crippen LogP contribution in [-0.4, -0.2) is 11.7 Å². The van der Waals surface area contributed by atoms with E-state index in [-0.39, 0.29) is 12.5 Å². The number of aliphatic hydroxyl groups is 1. The van der Waals surface area contributed by atoms with E-state index >= 15 is 0 Å². The van der Waals surface area contributed by atoms with Gasteiger partial charge in [-0.15, -0.1) is 0 Å². The molecule has 1 atom stereocenters. The predicted molar refractivity (Wildman–Crippen MR) is 77.5 cm³/mol. The van der Waals surface area contributed by atoms with Crippen LogP contribution in [0, 0.1) is 0 Å². The molecule has 3 heteroatoms. The molecule has 2 aromatic carbocycles. The minimum Gasteiger partial charge on any atom is -0.457 e. The lowest BCUT2D eigenvalue weighted by atomic mass is 9.97. The van der Waals surface area contributed by atoms with E-state index < -0.39 is 0 Å². The molecule has 3 nitrogen and oxygen atoms in total. The number of rotatable bonds is 5. The molecule has 2 aromatic rings. The zero-order valence-corrected chi connectivity index (χ0v) is 11.0. The minimum absolute atomic E-state index is 0.155. The zero-order valence-electron chi connectivity index (χ0n) is 11.0. The molecule has 1 unspecified atom stereocenters. The number of benzene rings is 2. The van der Waals surface area contributed by atoms with Crippen LogP contribution >= 0.6 is 0 Å². The van der Waals surface area contributed by atoms with Gasteiger partial charge >= 0.3 is 0 Å². The third kappa shape index (κ3) is 3.48. The Hall–Kier alpha value is -2.00. The average Bonchev–Trinajstić information content (AvgIpc) is 2.43. The molecule has 0 bridgehead atoms. The Labute approximate surface area is 113 Å². The van der Waals surface area contributed by atoms with E-state index in [1.54, 1.807) is 0 Å². The monoisotopic (exact) mass is 257 g/mol. The van der Waals surface area contributed by atoms with E-state index in [4.69, 9.17) is 10.5 Å². The Balaban J connectivity index is 2.17. The summed E-state index contributed by atoms with van der Waals surface area (Å²) in [4.78, 5) is 0. The minimum atomic E-state index is 0.155. The van der Waals surface area contributed by atoms with Crippen LogP contribution in [0.15, 0.2) is 48.5 Å². The quantitative estimate of drug-likeness (QED) is 0.805. The summed E-state index contributed by atoms with van der Waals surface area (Å²) in [5, 5.41) is 9.34. The van der Waals surface area contributed by atoms with Gasteiger partial charge in [0.25, 0.3) is 0 Å². The second-order valence-corrected chi connectivity index (χ2v) is 4.53. The fraction of sp³-hybridized carbons (Fsp3) is 0.250. The first-order valence-electron chi connectivity index (χ1n) is 6.47. The first-order chi connectivity index (χ1) is 9.22. The van der Waals surface area contributed by atoms with Crippen molar-refractivity contribution in [3.8, 4) is 11.5 Å². The van der Waals surface area contributed by atoms with Crippen molar-refractivity contribution in [1.29, 1.82) is 0 Å². The third-order valence-electron chi connectivity index (χ3n) is 3.16. The van der Waals surface area contributed by atoms with Gasteiger partial charge in [-0.3, -0.25) is 0 Å². The van der Waals surface area contributed by atoms with Crippen molar-refractivity contribution in [2.75, 3.05) is 12.3 Å². The van der Waals surface area contributed by atoms with Crippen molar-refractivity contribution < 1.29 is 9.84 Å². The van der Waals surface area contributed by atoms with Gasteiger partial charge in [-0.1, -0.05) is 19.1 Å². The van der Waals surface area contributed by atoms with Gasteiger partial charge in [0.1, 0.15) is 11.5 Å². The molecule has 0 saturated carbocycles. The van der Waals surface area contributed by atoms with Crippen LogP contribution in [-0.2, 0) is 0 Å². The van der Waals surface area contributed by atoms with Gasteiger partial charge in [-0.2, -0.15) is 0 Å². The molecule has 0 aliphatic carbocycles. The van der Waals surface area contributed by atoms with E-state index in [0.29, 0.717) is 5.69 Å². The molecular formula is C16H19NO2. The van der Waals surface area contributed by atoms with Crippen LogP contribution < -0.4 is 10.5 Å². The maximum Gasteiger partial charge on any atom is 0.127 e. The number of hydrogen-bond acceptors (Lipinski definition) is 3. The zero-order chi connectivity index (χ0) is 13.7. The summed E-state index contributed by atoms with van der Waals surface area (Å²) in [5.74, 6) is 1.69.